The molecule has 0 radical (unpaired) electrons. The van der Waals surface area contributed by atoms with Crippen molar-refractivity contribution in [2.75, 3.05) is 68.2 Å². The smallest absolute Gasteiger partial charge is 0.327 e. The van der Waals surface area contributed by atoms with Gasteiger partial charge in [0.2, 0.25) is 100 Å². The summed E-state index contributed by atoms with van der Waals surface area (Å²) in [5, 5.41) is 88.3. The SMILES string of the molecule is CSCC[C@H](NC(=O)[C@H](CC(C)C)NC(=O)[C@H](C)NC(=O)[C@H](CCCNC(=N)N)NC(=O)[C@@H]1CCCN1C(=O)[C@H](CC(C)C)NC(=O)[C@H](Cc1cnc[nH]1)NC(=O)[C@@H]1CCCN1C(=O)[C@H](Cc1cnc[nH]1)NC(=O)[C@@H](NC(=O)[C@@H](NC(=O)[C@H](CCCNC(=N)N)NC(=O)[C@H](CCSC)NC(=O)[C@H](CCC(N)=O)NC(=O)[C@@H](N)CS)C(C)C)[C@@H](C)O)C(=O)N[C@@H](CCCNC(=N)N)C(=O)N[C@@H](CS)C(=O)O. The number of aromatic amines is 2. The average Bonchev–Trinajstić information content (AvgIpc) is 1.66. The Bertz CT molecular complexity index is 4490. The molecule has 0 spiro atoms. The van der Waals surface area contributed by atoms with E-state index in [0.29, 0.717) is 17.1 Å². The van der Waals surface area contributed by atoms with Crippen LogP contribution in [0.15, 0.2) is 25.0 Å². The van der Waals surface area contributed by atoms with E-state index in [4.69, 9.17) is 44.9 Å². The van der Waals surface area contributed by atoms with E-state index >= 15 is 14.4 Å². The zero-order valence-corrected chi connectivity index (χ0v) is 84.1. The number of H-pyrrole nitrogens is 2. The summed E-state index contributed by atoms with van der Waals surface area (Å²) < 4.78 is 0. The van der Waals surface area contributed by atoms with Gasteiger partial charge in [0.15, 0.2) is 17.9 Å². The number of likely N-dealkylation sites (tertiary alicyclic amines) is 2. The van der Waals surface area contributed by atoms with Crippen LogP contribution in [-0.2, 0) is 99.1 Å². The van der Waals surface area contributed by atoms with Crippen LogP contribution < -0.4 is 119 Å². The first kappa shape index (κ1) is 120. The number of nitrogens with two attached hydrogens (primary N) is 5. The summed E-state index contributed by atoms with van der Waals surface area (Å²) in [6, 6.07) is -24.0. The van der Waals surface area contributed by atoms with Gasteiger partial charge in [-0.2, -0.15) is 48.8 Å². The van der Waals surface area contributed by atoms with Crippen LogP contribution in [0.25, 0.3) is 0 Å². The van der Waals surface area contributed by atoms with E-state index in [9.17, 15) is 82.1 Å². The predicted octanol–water partition coefficient (Wildman–Crippen LogP) is -7.33. The maximum absolute atomic E-state index is 15.2. The number of aromatic nitrogens is 4. The second kappa shape index (κ2) is 62.2. The highest BCUT2D eigenvalue weighted by Gasteiger charge is 2.45. The Kier molecular flexibility index (Phi) is 53.5. The second-order valence-corrected chi connectivity index (χ2v) is 38.1. The molecule has 18 atom stereocenters. The highest BCUT2D eigenvalue weighted by atomic mass is 32.2. The van der Waals surface area contributed by atoms with E-state index in [-0.39, 0.29) is 183 Å². The summed E-state index contributed by atoms with van der Waals surface area (Å²) in [6.07, 6.45) is 6.63. The number of guanidine groups is 3. The number of thiol groups is 2. The molecule has 2 aliphatic rings. The van der Waals surface area contributed by atoms with Crippen LogP contribution in [0.1, 0.15) is 170 Å². The molecular weight excluding hydrogens is 1900 g/mol. The largest absolute Gasteiger partial charge is 0.480 e. The highest BCUT2D eigenvalue weighted by molar-refractivity contribution is 7.98. The van der Waals surface area contributed by atoms with Gasteiger partial charge in [-0.25, -0.2) is 14.8 Å². The summed E-state index contributed by atoms with van der Waals surface area (Å²) in [6.45, 7) is 12.8. The van der Waals surface area contributed by atoms with Gasteiger partial charge in [0.05, 0.1) is 24.8 Å². The average molecular weight is 2050 g/mol. The maximum atomic E-state index is 15.2. The molecule has 55 heteroatoms. The molecule has 784 valence electrons. The van der Waals surface area contributed by atoms with Crippen LogP contribution in [0.3, 0.4) is 0 Å². The number of primary amides is 1. The number of rotatable bonds is 64. The van der Waals surface area contributed by atoms with Gasteiger partial charge >= 0.3 is 5.97 Å². The minimum Gasteiger partial charge on any atom is -0.480 e. The predicted molar refractivity (Wildman–Crippen MR) is 527 cm³/mol. The van der Waals surface area contributed by atoms with Gasteiger partial charge in [-0.15, -0.1) is 0 Å². The maximum Gasteiger partial charge on any atom is 0.327 e. The van der Waals surface area contributed by atoms with Gasteiger partial charge in [-0.3, -0.25) is 97.7 Å². The molecule has 0 aromatic carbocycles. The first-order valence-corrected chi connectivity index (χ1v) is 50.4. The number of imidazole rings is 2. The third-order valence-corrected chi connectivity index (χ3v) is 24.6. The van der Waals surface area contributed by atoms with Crippen LogP contribution in [0.2, 0.25) is 0 Å². The summed E-state index contributed by atoms with van der Waals surface area (Å²) >= 11 is 10.7. The molecule has 0 bridgehead atoms. The Morgan fingerprint density at radius 3 is 1.19 bits per heavy atom. The van der Waals surface area contributed by atoms with E-state index in [1.807, 2.05) is 0 Å². The van der Waals surface area contributed by atoms with E-state index in [1.54, 1.807) is 54.1 Å². The molecule has 4 rings (SSSR count). The molecule has 140 heavy (non-hydrogen) atoms. The number of aliphatic hydroxyl groups is 1. The quantitative estimate of drug-likeness (QED) is 0.0127. The molecule has 17 amide bonds. The number of amides is 17. The van der Waals surface area contributed by atoms with E-state index in [2.05, 4.69) is 136 Å². The number of nitrogens with one attached hydrogen (secondary N) is 22. The van der Waals surface area contributed by atoms with Crippen LogP contribution in [0.4, 0.5) is 0 Å². The van der Waals surface area contributed by atoms with Gasteiger partial charge in [-0.1, -0.05) is 41.5 Å². The summed E-state index contributed by atoms with van der Waals surface area (Å²) in [4.78, 5) is 271. The van der Waals surface area contributed by atoms with Crippen LogP contribution >= 0.6 is 48.8 Å². The van der Waals surface area contributed by atoms with Gasteiger partial charge in [-0.05, 0) is 152 Å². The van der Waals surface area contributed by atoms with Crippen molar-refractivity contribution in [1.82, 2.24) is 120 Å². The number of hydrogen-bond donors (Lipinski definition) is 31. The monoisotopic (exact) mass is 2050 g/mol. The van der Waals surface area contributed by atoms with Crippen LogP contribution in [0.5, 0.6) is 0 Å². The lowest BCUT2D eigenvalue weighted by molar-refractivity contribution is -0.144. The number of carbonyl (C=O) groups is 18. The number of hydrogen-bond acceptors (Lipinski definition) is 29. The number of carboxylic acids is 1. The van der Waals surface area contributed by atoms with Gasteiger partial charge < -0.3 is 149 Å². The van der Waals surface area contributed by atoms with Crippen LogP contribution in [-0.4, -0.2) is 341 Å². The van der Waals surface area contributed by atoms with Gasteiger partial charge in [0.1, 0.15) is 96.7 Å². The third kappa shape index (κ3) is 42.2. The zero-order chi connectivity index (χ0) is 105. The molecule has 2 fully saturated rings. The molecule has 0 saturated carbocycles. The van der Waals surface area contributed by atoms with Crippen molar-refractivity contribution >= 4 is 173 Å². The summed E-state index contributed by atoms with van der Waals surface area (Å²) in [5.41, 5.74) is 28.4. The lowest BCUT2D eigenvalue weighted by atomic mass is 10.0. The summed E-state index contributed by atoms with van der Waals surface area (Å²) in [5.74, 6) is -18.4. The fourth-order valence-electron chi connectivity index (χ4n) is 15.1. The van der Waals surface area contributed by atoms with E-state index in [1.165, 1.54) is 72.2 Å². The standard InChI is InChI=1S/C85H145N31O20S4/c1-42(2)32-56(74(127)106-55(24-31-140-10)72(125)103-51(17-12-26-97-84(90)91)69(122)112-60(39-138)82(135)136)108-66(119)45(7)101-68(121)50(16-11-25-96-83(88)89)107-76(129)61-19-14-28-115(61)80(133)58(33-43(3)4)110-75(128)57(34-47-36-94-40-99-47)109-77(130)62-20-15-29-116(62)81(134)59(35-48-37-95-41-100-48)111-79(132)65(46(8)117)114-78(131)64(44(5)6)113-73(126)52(18-13-27-98-85(92)93)104-71(124)54(23-30-139-9)105-70(123)53(21-22-63(87)118)102-67(120)49(86)38-137/h36-37,40-46,49-62,64-65,117,137-138H,11-35,38-39,86H2,1-10H3,(H2,87,118)(H,94,99)(H,95,100)(H,101,121)(H,102,120)(H,103,125)(H,104,124)(H,105,123)(H,106,127)(H,107,129)(H,108,119)(H,109,130)(H,110,128)(H,111,132)(H,112,122)(H,113,126)(H,114,131)(H,135,136)(H4,88,89,96)(H4,90,91,97)(H4,92,93,98)/t45-,46+,49-,50-,51-,52-,53-,54-,55-,56-,57-,58-,59-,60-,61-,62-,64-,65-/m0/s1. The lowest BCUT2D eigenvalue weighted by Crippen LogP contribution is -2.63. The number of carbonyl (C=O) groups excluding carboxylic acids is 17. The molecule has 2 aliphatic heterocycles. The van der Waals surface area contributed by atoms with Crippen molar-refractivity contribution in [3.8, 4) is 0 Å². The van der Waals surface area contributed by atoms with Crippen molar-refractivity contribution in [3.63, 3.8) is 0 Å². The molecule has 0 aliphatic carbocycles. The number of nitrogens with zero attached hydrogens (tertiary/aromatic N) is 4. The Hall–Kier alpha value is -12.0. The Balaban J connectivity index is 1.59. The molecule has 0 unspecified atom stereocenters. The van der Waals surface area contributed by atoms with Crippen molar-refractivity contribution in [2.45, 2.75) is 280 Å². The molecule has 4 heterocycles. The van der Waals surface area contributed by atoms with Gasteiger partial charge in [0.25, 0.3) is 0 Å². The van der Waals surface area contributed by atoms with Crippen LogP contribution in [0, 0.1) is 34.0 Å². The minimum atomic E-state index is -1.86. The molecule has 2 aromatic rings. The van der Waals surface area contributed by atoms with Crippen molar-refractivity contribution in [1.29, 1.82) is 16.2 Å². The number of thioether (sulfide) groups is 2. The van der Waals surface area contributed by atoms with Crippen molar-refractivity contribution in [3.05, 3.63) is 36.4 Å². The minimum absolute atomic E-state index is 0.00177. The topological polar surface area (TPSA) is 818 Å². The number of carboxylic acid groups (broad SMARTS) is 1. The molecule has 2 aromatic heterocycles. The molecular formula is C85H145N31O20S4. The molecule has 51 nitrogen and oxygen atoms in total. The van der Waals surface area contributed by atoms with E-state index in [0.717, 1.165) is 0 Å². The van der Waals surface area contributed by atoms with Crippen molar-refractivity contribution < 1.29 is 96.5 Å². The first-order valence-electron chi connectivity index (χ1n) is 46.3. The Labute approximate surface area is 832 Å². The Morgan fingerprint density at radius 2 is 0.786 bits per heavy atom. The fraction of sp³-hybridized carbons (Fsp3) is 0.682. The highest BCUT2D eigenvalue weighted by Crippen LogP contribution is 2.25. The number of aliphatic hydroxyl groups excluding tert-OH is 1. The van der Waals surface area contributed by atoms with E-state index < -0.39 is 233 Å². The fourth-order valence-corrected chi connectivity index (χ4v) is 16.5. The zero-order valence-electron chi connectivity index (χ0n) is 80.7. The molecule has 2 saturated heterocycles. The lowest BCUT2D eigenvalue weighted by Gasteiger charge is -2.32. The Morgan fingerprint density at radius 1 is 0.436 bits per heavy atom. The third-order valence-electron chi connectivity index (χ3n) is 22.6. The second-order valence-electron chi connectivity index (χ2n) is 35.4. The normalized spacial score (nSPS) is 16.9. The number of aliphatic carboxylic acids is 1. The molecule has 34 N–H and O–H groups in total. The first-order chi connectivity index (χ1) is 66.1. The van der Waals surface area contributed by atoms with Crippen molar-refractivity contribution in [2.24, 2.45) is 46.4 Å². The van der Waals surface area contributed by atoms with Gasteiger partial charge in [0, 0.05) is 87.3 Å². The summed E-state index contributed by atoms with van der Waals surface area (Å²) in [7, 11) is 0.